The lowest BCUT2D eigenvalue weighted by Crippen LogP contribution is -2.40. The van der Waals surface area contributed by atoms with E-state index in [1.165, 1.54) is 13.8 Å². The zero-order valence-corrected chi connectivity index (χ0v) is 19.6. The first kappa shape index (κ1) is 38.1. The van der Waals surface area contributed by atoms with Gasteiger partial charge in [0.1, 0.15) is 31.2 Å². The quantitative estimate of drug-likeness (QED) is 0.418. The molecule has 0 bridgehead atoms. The lowest BCUT2D eigenvalue weighted by Gasteiger charge is -2.12. The largest absolute Gasteiger partial charge is 0.397 e. The van der Waals surface area contributed by atoms with Gasteiger partial charge in [0.2, 0.25) is 0 Å². The van der Waals surface area contributed by atoms with E-state index >= 15 is 0 Å². The van der Waals surface area contributed by atoms with Crippen molar-refractivity contribution in [2.45, 2.75) is 47.2 Å². The molecule has 0 saturated carbocycles. The highest BCUT2D eigenvalue weighted by molar-refractivity contribution is 7.91. The van der Waals surface area contributed by atoms with Gasteiger partial charge in [0.15, 0.2) is 0 Å². The Morgan fingerprint density at radius 3 is 1.32 bits per heavy atom. The number of rotatable bonds is 9. The Kier molecular flexibility index (Phi) is 26.8. The minimum absolute atomic E-state index is 0. The molecule has 0 aromatic heterocycles. The van der Waals surface area contributed by atoms with Crippen LogP contribution in [0.3, 0.4) is 0 Å². The zero-order chi connectivity index (χ0) is 21.6. The van der Waals surface area contributed by atoms with Crippen molar-refractivity contribution in [3.05, 3.63) is 0 Å². The van der Waals surface area contributed by atoms with Crippen molar-refractivity contribution in [3.63, 3.8) is 0 Å². The number of halogens is 1. The Hall–Kier alpha value is -0.590. The number of carbonyl (C=O) groups excluding carboxylic acids is 2. The summed E-state index contributed by atoms with van der Waals surface area (Å²) in [6, 6.07) is -1.12. The molecule has 0 aliphatic rings. The Morgan fingerprint density at radius 1 is 0.893 bits per heavy atom. The second-order valence-electron chi connectivity index (χ2n) is 5.67. The average Bonchev–Trinajstić information content (AvgIpc) is 2.43. The minimum atomic E-state index is -3.07. The minimum Gasteiger partial charge on any atom is -0.397 e. The van der Waals surface area contributed by atoms with Gasteiger partial charge in [-0.2, -0.15) is 0 Å². The third-order valence-corrected chi connectivity index (χ3v) is 4.60. The highest BCUT2D eigenvalue weighted by Gasteiger charge is 2.18. The van der Waals surface area contributed by atoms with Crippen molar-refractivity contribution in [1.29, 1.82) is 0 Å². The lowest BCUT2D eigenvalue weighted by atomic mass is 10.2. The fraction of sp³-hybridized carbons (Fsp3) is 0.875. The Bertz CT molecular complexity index is 608. The predicted octanol–water partition coefficient (Wildman–Crippen LogP) is -0.137. The molecule has 3 N–H and O–H groups in total. The van der Waals surface area contributed by atoms with Crippen LogP contribution in [0.15, 0.2) is 0 Å². The van der Waals surface area contributed by atoms with Crippen LogP contribution in [-0.4, -0.2) is 89.8 Å². The van der Waals surface area contributed by atoms with Crippen LogP contribution < -0.4 is 10.6 Å². The van der Waals surface area contributed by atoms with E-state index in [2.05, 4.69) is 10.6 Å². The van der Waals surface area contributed by atoms with Crippen LogP contribution in [0.5, 0.6) is 0 Å². The Morgan fingerprint density at radius 2 is 1.18 bits per heavy atom. The van der Waals surface area contributed by atoms with Crippen molar-refractivity contribution in [2.75, 3.05) is 44.2 Å². The summed E-state index contributed by atoms with van der Waals surface area (Å²) in [7, 11) is -4.57. The van der Waals surface area contributed by atoms with Crippen LogP contribution >= 0.6 is 12.4 Å². The van der Waals surface area contributed by atoms with E-state index in [4.69, 9.17) is 5.11 Å². The molecule has 0 fully saturated rings. The SMILES string of the molecule is C.CCNC(CS(C)(=O)=O)C(C)=O.CCO.CNC(CS(C)(=O)=O)C(C)=O.Cl. The maximum absolute atomic E-state index is 10.9. The smallest absolute Gasteiger partial charge is 0.149 e. The maximum Gasteiger partial charge on any atom is 0.149 e. The molecular weight excluding hydrogens is 432 g/mol. The molecule has 0 rings (SSSR count). The lowest BCUT2D eigenvalue weighted by molar-refractivity contribution is -0.119. The molecule has 28 heavy (non-hydrogen) atoms. The van der Waals surface area contributed by atoms with Gasteiger partial charge in [-0.15, -0.1) is 12.4 Å². The monoisotopic (exact) mass is 470 g/mol. The number of ketones is 2. The molecule has 0 amide bonds. The van der Waals surface area contributed by atoms with Gasteiger partial charge in [-0.25, -0.2) is 16.8 Å². The van der Waals surface area contributed by atoms with E-state index in [-0.39, 0.29) is 49.5 Å². The standard InChI is InChI=1S/C7H15NO3S.C6H13NO3S.C2H6O.CH4.ClH/c1-4-8-7(6(2)9)5-12(3,10)11;1-5(8)6(7-2)4-11(3,9)10;1-2-3;;/h7-8H,4-5H2,1-3H3;6-7H,4H2,1-3H3;3H,2H2,1H3;1H4;1H. The summed E-state index contributed by atoms with van der Waals surface area (Å²) in [6.45, 7) is 7.11. The third kappa shape index (κ3) is 30.1. The number of hydrogen-bond acceptors (Lipinski definition) is 9. The van der Waals surface area contributed by atoms with E-state index < -0.39 is 31.8 Å². The van der Waals surface area contributed by atoms with Crippen molar-refractivity contribution < 1.29 is 31.5 Å². The molecule has 2 atom stereocenters. The van der Waals surface area contributed by atoms with Crippen molar-refractivity contribution >= 4 is 43.6 Å². The van der Waals surface area contributed by atoms with Gasteiger partial charge in [-0.3, -0.25) is 9.59 Å². The van der Waals surface area contributed by atoms with Gasteiger partial charge in [-0.1, -0.05) is 14.4 Å². The molecule has 0 aliphatic carbocycles. The fourth-order valence-corrected chi connectivity index (χ4v) is 3.54. The first-order chi connectivity index (χ1) is 11.6. The molecule has 0 heterocycles. The van der Waals surface area contributed by atoms with Crippen LogP contribution in [0.1, 0.15) is 35.1 Å². The van der Waals surface area contributed by atoms with E-state index in [9.17, 15) is 26.4 Å². The van der Waals surface area contributed by atoms with E-state index in [1.807, 2.05) is 6.92 Å². The molecule has 0 aromatic rings. The summed E-state index contributed by atoms with van der Waals surface area (Å²) in [6.07, 6.45) is 2.24. The summed E-state index contributed by atoms with van der Waals surface area (Å²) >= 11 is 0. The summed E-state index contributed by atoms with van der Waals surface area (Å²) in [5.41, 5.74) is 0. The van der Waals surface area contributed by atoms with Crippen LogP contribution in [0.2, 0.25) is 0 Å². The summed E-state index contributed by atoms with van der Waals surface area (Å²) in [5.74, 6) is -0.533. The maximum atomic E-state index is 10.9. The van der Waals surface area contributed by atoms with Gasteiger partial charge in [0.05, 0.1) is 23.6 Å². The second-order valence-corrected chi connectivity index (χ2v) is 10.0. The molecule has 174 valence electrons. The van der Waals surface area contributed by atoms with Crippen LogP contribution in [0.25, 0.3) is 0 Å². The van der Waals surface area contributed by atoms with E-state index in [0.29, 0.717) is 6.54 Å². The highest BCUT2D eigenvalue weighted by Crippen LogP contribution is 1.93. The zero-order valence-electron chi connectivity index (χ0n) is 17.1. The summed E-state index contributed by atoms with van der Waals surface area (Å²) < 4.78 is 43.1. The molecule has 0 aromatic carbocycles. The van der Waals surface area contributed by atoms with Gasteiger partial charge < -0.3 is 15.7 Å². The first-order valence-corrected chi connectivity index (χ1v) is 12.1. The van der Waals surface area contributed by atoms with E-state index in [0.717, 1.165) is 12.5 Å². The number of likely N-dealkylation sites (N-methyl/N-ethyl adjacent to an activating group) is 2. The molecule has 0 spiro atoms. The van der Waals surface area contributed by atoms with Crippen molar-refractivity contribution in [2.24, 2.45) is 0 Å². The van der Waals surface area contributed by atoms with E-state index in [1.54, 1.807) is 14.0 Å². The number of carbonyl (C=O) groups is 2. The van der Waals surface area contributed by atoms with Gasteiger partial charge in [-0.05, 0) is 34.4 Å². The normalized spacial score (nSPS) is 12.4. The molecule has 0 saturated heterocycles. The van der Waals surface area contributed by atoms with Crippen LogP contribution in [0.4, 0.5) is 0 Å². The molecule has 9 nitrogen and oxygen atoms in total. The number of hydrogen-bond donors (Lipinski definition) is 3. The molecule has 0 aliphatic heterocycles. The average molecular weight is 471 g/mol. The second kappa shape index (κ2) is 19.7. The van der Waals surface area contributed by atoms with Crippen molar-refractivity contribution in [1.82, 2.24) is 10.6 Å². The number of sulfone groups is 2. The number of Topliss-reactive ketones (excluding diaryl/α,β-unsaturated/α-hetero) is 2. The van der Waals surface area contributed by atoms with Gasteiger partial charge in [0, 0.05) is 19.1 Å². The number of aliphatic hydroxyl groups excluding tert-OH is 1. The topological polar surface area (TPSA) is 147 Å². The highest BCUT2D eigenvalue weighted by atomic mass is 35.5. The molecule has 12 heteroatoms. The molecular formula is C16H39ClN2O7S2. The predicted molar refractivity (Wildman–Crippen MR) is 118 cm³/mol. The van der Waals surface area contributed by atoms with Gasteiger partial charge >= 0.3 is 0 Å². The number of aliphatic hydroxyl groups is 1. The van der Waals surface area contributed by atoms with Crippen LogP contribution in [0, 0.1) is 0 Å². The number of nitrogens with one attached hydrogen (secondary N) is 2. The molecule has 2 unspecified atom stereocenters. The Balaban J connectivity index is -0.000000104. The first-order valence-electron chi connectivity index (χ1n) is 8.02. The van der Waals surface area contributed by atoms with Gasteiger partial charge in [0.25, 0.3) is 0 Å². The van der Waals surface area contributed by atoms with Crippen molar-refractivity contribution in [3.8, 4) is 0 Å². The summed E-state index contributed by atoms with van der Waals surface area (Å²) in [4.78, 5) is 21.6. The molecule has 0 radical (unpaired) electrons. The summed E-state index contributed by atoms with van der Waals surface area (Å²) in [5, 5.41) is 13.0. The fourth-order valence-electron chi connectivity index (χ4n) is 1.58. The van der Waals surface area contributed by atoms with Crippen LogP contribution in [-0.2, 0) is 29.3 Å². The third-order valence-electron chi connectivity index (χ3n) is 2.72. The Labute approximate surface area is 177 Å².